The summed E-state index contributed by atoms with van der Waals surface area (Å²) in [6.45, 7) is 6.90. The van der Waals surface area contributed by atoms with E-state index < -0.39 is 0 Å². The summed E-state index contributed by atoms with van der Waals surface area (Å²) in [4.78, 5) is 6.33. The van der Waals surface area contributed by atoms with Crippen molar-refractivity contribution in [2.24, 2.45) is 0 Å². The minimum absolute atomic E-state index is 0.150. The van der Waals surface area contributed by atoms with E-state index in [-0.39, 0.29) is 5.82 Å². The Labute approximate surface area is 125 Å². The summed E-state index contributed by atoms with van der Waals surface area (Å²) >= 11 is 0. The molecule has 4 heteroatoms. The van der Waals surface area contributed by atoms with Gasteiger partial charge in [0.25, 0.3) is 0 Å². The van der Waals surface area contributed by atoms with E-state index in [0.29, 0.717) is 0 Å². The van der Waals surface area contributed by atoms with Crippen molar-refractivity contribution >= 4 is 0 Å². The number of hydrogen-bond acceptors (Lipinski definition) is 0. The first-order valence-electron chi connectivity index (χ1n) is 7.66. The van der Waals surface area contributed by atoms with Crippen molar-refractivity contribution in [1.82, 2.24) is 0 Å². The third-order valence-electron chi connectivity index (χ3n) is 4.27. The van der Waals surface area contributed by atoms with Gasteiger partial charge >= 0.3 is 0 Å². The van der Waals surface area contributed by atoms with Crippen molar-refractivity contribution < 1.29 is 19.2 Å². The SMILES string of the molecule is Fc1ccc(C[NH+]2CC[NH+](Cc3cc[nH+]cc3)CC2)cc1. The molecule has 1 aliphatic rings. The van der Waals surface area contributed by atoms with Crippen LogP contribution in [0.25, 0.3) is 0 Å². The van der Waals surface area contributed by atoms with Crippen molar-refractivity contribution in [3.8, 4) is 0 Å². The lowest BCUT2D eigenvalue weighted by Gasteiger charge is -2.29. The molecule has 0 bridgehead atoms. The van der Waals surface area contributed by atoms with Gasteiger partial charge in [0.1, 0.15) is 45.1 Å². The molecule has 21 heavy (non-hydrogen) atoms. The molecule has 1 aromatic heterocycles. The standard InChI is InChI=1S/C17H20FN3/c18-17-3-1-15(2-4-17)13-20-9-11-21(12-10-20)14-16-5-7-19-8-6-16/h1-8H,9-14H2/p+3. The summed E-state index contributed by atoms with van der Waals surface area (Å²) in [7, 11) is 0. The molecule has 3 rings (SSSR count). The molecule has 0 spiro atoms. The zero-order valence-corrected chi connectivity index (χ0v) is 12.2. The molecule has 110 valence electrons. The Morgan fingerprint density at radius 1 is 0.762 bits per heavy atom. The molecule has 3 N–H and O–H groups in total. The van der Waals surface area contributed by atoms with Gasteiger partial charge in [-0.1, -0.05) is 12.1 Å². The van der Waals surface area contributed by atoms with E-state index in [0.717, 1.165) is 13.1 Å². The van der Waals surface area contributed by atoms with E-state index in [1.165, 1.54) is 37.3 Å². The van der Waals surface area contributed by atoms with Crippen LogP contribution in [0.1, 0.15) is 11.1 Å². The van der Waals surface area contributed by atoms with Gasteiger partial charge in [-0.3, -0.25) is 0 Å². The smallest absolute Gasteiger partial charge is 0.167 e. The quantitative estimate of drug-likeness (QED) is 0.730. The van der Waals surface area contributed by atoms with Gasteiger partial charge in [-0.25, -0.2) is 9.37 Å². The van der Waals surface area contributed by atoms with Crippen molar-refractivity contribution in [2.45, 2.75) is 13.1 Å². The topological polar surface area (TPSA) is 23.0 Å². The van der Waals surface area contributed by atoms with E-state index in [1.807, 2.05) is 24.5 Å². The van der Waals surface area contributed by atoms with Crippen LogP contribution in [0, 0.1) is 5.82 Å². The fraction of sp³-hybridized carbons (Fsp3) is 0.353. The van der Waals surface area contributed by atoms with Crippen LogP contribution in [0.4, 0.5) is 4.39 Å². The van der Waals surface area contributed by atoms with Gasteiger partial charge in [0.2, 0.25) is 0 Å². The molecule has 0 saturated carbocycles. The summed E-state index contributed by atoms with van der Waals surface area (Å²) in [5.74, 6) is -0.150. The summed E-state index contributed by atoms with van der Waals surface area (Å²) in [5, 5.41) is 0. The third-order valence-corrected chi connectivity index (χ3v) is 4.27. The predicted molar refractivity (Wildman–Crippen MR) is 78.2 cm³/mol. The molecule has 1 fully saturated rings. The maximum absolute atomic E-state index is 12.9. The van der Waals surface area contributed by atoms with E-state index in [9.17, 15) is 4.39 Å². The first-order chi connectivity index (χ1) is 10.3. The summed E-state index contributed by atoms with van der Waals surface area (Å²) < 4.78 is 12.9. The van der Waals surface area contributed by atoms with Crippen molar-refractivity contribution in [2.75, 3.05) is 26.2 Å². The van der Waals surface area contributed by atoms with Gasteiger partial charge in [-0.15, -0.1) is 0 Å². The highest BCUT2D eigenvalue weighted by atomic mass is 19.1. The predicted octanol–water partition coefficient (Wildman–Crippen LogP) is -0.877. The van der Waals surface area contributed by atoms with Crippen LogP contribution in [-0.4, -0.2) is 26.2 Å². The molecule has 0 amide bonds. The van der Waals surface area contributed by atoms with Crippen LogP contribution in [0.3, 0.4) is 0 Å². The van der Waals surface area contributed by atoms with Gasteiger partial charge in [-0.05, 0) is 12.1 Å². The summed E-state index contributed by atoms with van der Waals surface area (Å²) in [5.41, 5.74) is 2.62. The Kier molecular flexibility index (Phi) is 4.58. The minimum Gasteiger partial charge on any atom is -0.322 e. The number of nitrogens with one attached hydrogen (secondary N) is 3. The van der Waals surface area contributed by atoms with Crippen LogP contribution < -0.4 is 14.8 Å². The molecule has 0 aliphatic carbocycles. The normalized spacial score (nSPS) is 22.1. The number of halogens is 1. The molecule has 1 saturated heterocycles. The second-order valence-corrected chi connectivity index (χ2v) is 5.89. The molecule has 2 aromatic rings. The number of hydrogen-bond donors (Lipinski definition) is 2. The molecule has 0 radical (unpaired) electrons. The molecule has 3 nitrogen and oxygen atoms in total. The maximum Gasteiger partial charge on any atom is 0.167 e. The first-order valence-corrected chi connectivity index (χ1v) is 7.66. The monoisotopic (exact) mass is 288 g/mol. The Morgan fingerprint density at radius 2 is 1.24 bits per heavy atom. The number of aromatic nitrogens is 1. The van der Waals surface area contributed by atoms with Gasteiger partial charge in [0.15, 0.2) is 12.4 Å². The number of piperazine rings is 1. The molecule has 0 unspecified atom stereocenters. The van der Waals surface area contributed by atoms with E-state index in [4.69, 9.17) is 0 Å². The lowest BCUT2D eigenvalue weighted by molar-refractivity contribution is -1.02. The molecule has 1 aliphatic heterocycles. The Balaban J connectivity index is 1.47. The second-order valence-electron chi connectivity index (χ2n) is 5.89. The number of H-pyrrole nitrogens is 1. The summed E-state index contributed by atoms with van der Waals surface area (Å²) in [6.07, 6.45) is 3.98. The van der Waals surface area contributed by atoms with Crippen molar-refractivity contribution in [1.29, 1.82) is 0 Å². The number of rotatable bonds is 4. The molecular formula is C17H23FN3+3. The van der Waals surface area contributed by atoms with Gasteiger partial charge in [0.05, 0.1) is 0 Å². The Hall–Kier alpha value is -1.78. The lowest BCUT2D eigenvalue weighted by Crippen LogP contribution is -3.27. The van der Waals surface area contributed by atoms with Crippen LogP contribution in [0.2, 0.25) is 0 Å². The van der Waals surface area contributed by atoms with Gasteiger partial charge in [0, 0.05) is 23.3 Å². The number of quaternary nitrogens is 2. The molecule has 1 aromatic carbocycles. The van der Waals surface area contributed by atoms with Crippen molar-refractivity contribution in [3.05, 3.63) is 65.7 Å². The average molecular weight is 288 g/mol. The number of aromatic amines is 1. The van der Waals surface area contributed by atoms with Crippen LogP contribution in [0.15, 0.2) is 48.8 Å². The Bertz CT molecular complexity index is 548. The zero-order chi connectivity index (χ0) is 14.5. The minimum atomic E-state index is -0.150. The zero-order valence-electron chi connectivity index (χ0n) is 12.2. The van der Waals surface area contributed by atoms with E-state index in [1.54, 1.807) is 21.9 Å². The van der Waals surface area contributed by atoms with Crippen LogP contribution in [-0.2, 0) is 13.1 Å². The van der Waals surface area contributed by atoms with Crippen molar-refractivity contribution in [3.63, 3.8) is 0 Å². The third kappa shape index (κ3) is 4.09. The van der Waals surface area contributed by atoms with Gasteiger partial charge in [-0.2, -0.15) is 0 Å². The fourth-order valence-electron chi connectivity index (χ4n) is 3.03. The number of pyridine rings is 1. The largest absolute Gasteiger partial charge is 0.322 e. The molecule has 0 atom stereocenters. The number of benzene rings is 1. The molecule has 2 heterocycles. The highest BCUT2D eigenvalue weighted by molar-refractivity contribution is 5.14. The maximum atomic E-state index is 12.9. The first kappa shape index (κ1) is 14.2. The highest BCUT2D eigenvalue weighted by Crippen LogP contribution is 2.00. The second kappa shape index (κ2) is 6.78. The van der Waals surface area contributed by atoms with E-state index >= 15 is 0 Å². The van der Waals surface area contributed by atoms with Crippen LogP contribution in [0.5, 0.6) is 0 Å². The molecular weight excluding hydrogens is 265 g/mol. The average Bonchev–Trinajstić information content (AvgIpc) is 2.53. The lowest BCUT2D eigenvalue weighted by atomic mass is 10.2. The van der Waals surface area contributed by atoms with E-state index in [2.05, 4.69) is 17.1 Å². The van der Waals surface area contributed by atoms with Gasteiger partial charge < -0.3 is 9.80 Å². The highest BCUT2D eigenvalue weighted by Gasteiger charge is 2.23. The Morgan fingerprint density at radius 3 is 1.76 bits per heavy atom. The summed E-state index contributed by atoms with van der Waals surface area (Å²) in [6, 6.07) is 11.2. The van der Waals surface area contributed by atoms with Crippen LogP contribution >= 0.6 is 0 Å². The fourth-order valence-corrected chi connectivity index (χ4v) is 3.03.